The van der Waals surface area contributed by atoms with Crippen molar-refractivity contribution in [2.75, 3.05) is 24.5 Å². The summed E-state index contributed by atoms with van der Waals surface area (Å²) in [5.41, 5.74) is 5.47. The molecule has 1 aromatic heterocycles. The second-order valence-corrected chi connectivity index (χ2v) is 4.65. The van der Waals surface area contributed by atoms with Crippen LogP contribution in [0.2, 0.25) is 0 Å². The van der Waals surface area contributed by atoms with Crippen molar-refractivity contribution in [1.29, 1.82) is 0 Å². The Balaban J connectivity index is 2.95. The molecule has 2 N–H and O–H groups in total. The summed E-state index contributed by atoms with van der Waals surface area (Å²) in [6.45, 7) is 6.49. The van der Waals surface area contributed by atoms with Gasteiger partial charge in [-0.3, -0.25) is 4.79 Å². The van der Waals surface area contributed by atoms with Crippen molar-refractivity contribution in [1.82, 2.24) is 9.55 Å². The summed E-state index contributed by atoms with van der Waals surface area (Å²) >= 11 is 0. The van der Waals surface area contributed by atoms with Crippen molar-refractivity contribution in [3.05, 3.63) is 22.7 Å². The van der Waals surface area contributed by atoms with E-state index in [9.17, 15) is 4.79 Å². The van der Waals surface area contributed by atoms with Crippen molar-refractivity contribution < 1.29 is 0 Å². The summed E-state index contributed by atoms with van der Waals surface area (Å²) in [5, 5.41) is 0. The predicted octanol–water partition coefficient (Wildman–Crippen LogP) is 0.591. The second-order valence-electron chi connectivity index (χ2n) is 4.65. The summed E-state index contributed by atoms with van der Waals surface area (Å²) in [6.07, 6.45) is 4.20. The highest BCUT2D eigenvalue weighted by Crippen LogP contribution is 2.07. The number of hydrogen-bond donors (Lipinski definition) is 1. The summed E-state index contributed by atoms with van der Waals surface area (Å²) in [5.74, 6) is 1.01. The maximum Gasteiger partial charge on any atom is 0.293 e. The molecule has 0 saturated heterocycles. The van der Waals surface area contributed by atoms with Crippen LogP contribution in [0, 0.1) is 5.92 Å². The molecule has 0 aliphatic rings. The van der Waals surface area contributed by atoms with E-state index in [-0.39, 0.29) is 5.56 Å². The van der Waals surface area contributed by atoms with E-state index < -0.39 is 0 Å². The molecule has 0 aliphatic carbocycles. The van der Waals surface area contributed by atoms with Crippen molar-refractivity contribution >= 4 is 5.82 Å². The molecule has 0 aliphatic heterocycles. The van der Waals surface area contributed by atoms with Crippen LogP contribution in [-0.2, 0) is 7.05 Å². The molecule has 96 valence electrons. The van der Waals surface area contributed by atoms with Crippen LogP contribution in [0.5, 0.6) is 0 Å². The average molecular weight is 238 g/mol. The first-order chi connectivity index (χ1) is 8.06. The summed E-state index contributed by atoms with van der Waals surface area (Å²) in [7, 11) is 1.74. The molecule has 1 aromatic rings. The third kappa shape index (κ3) is 3.85. The molecule has 0 bridgehead atoms. The van der Waals surface area contributed by atoms with Gasteiger partial charge in [-0.1, -0.05) is 13.8 Å². The summed E-state index contributed by atoms with van der Waals surface area (Å²) in [4.78, 5) is 18.2. The van der Waals surface area contributed by atoms with Gasteiger partial charge in [-0.25, -0.2) is 4.98 Å². The van der Waals surface area contributed by atoms with Crippen molar-refractivity contribution in [2.24, 2.45) is 18.7 Å². The van der Waals surface area contributed by atoms with Crippen LogP contribution in [-0.4, -0.2) is 29.2 Å². The second kappa shape index (κ2) is 6.39. The topological polar surface area (TPSA) is 64.2 Å². The first-order valence-electron chi connectivity index (χ1n) is 6.03. The molecule has 0 atom stereocenters. The fourth-order valence-electron chi connectivity index (χ4n) is 1.71. The Morgan fingerprint density at radius 1 is 1.53 bits per heavy atom. The van der Waals surface area contributed by atoms with Gasteiger partial charge in [0.05, 0.1) is 0 Å². The number of aryl methyl sites for hydroxylation is 1. The van der Waals surface area contributed by atoms with Crippen molar-refractivity contribution in [2.45, 2.75) is 20.3 Å². The first-order valence-corrected chi connectivity index (χ1v) is 6.03. The number of nitrogens with two attached hydrogens (primary N) is 1. The van der Waals surface area contributed by atoms with E-state index in [0.717, 1.165) is 19.5 Å². The smallest absolute Gasteiger partial charge is 0.293 e. The summed E-state index contributed by atoms with van der Waals surface area (Å²) < 4.78 is 1.55. The molecule has 1 rings (SSSR count). The molecule has 1 heterocycles. The Labute approximate surface area is 102 Å². The van der Waals surface area contributed by atoms with Gasteiger partial charge in [0.2, 0.25) is 0 Å². The molecule has 0 saturated carbocycles. The zero-order valence-electron chi connectivity index (χ0n) is 10.9. The fourth-order valence-corrected chi connectivity index (χ4v) is 1.71. The Bertz CT molecular complexity index is 400. The third-order valence-corrected chi connectivity index (χ3v) is 2.52. The standard InChI is InChI=1S/C12H22N4O/c1-10(2)9-16(7-4-5-13)11-12(17)15(3)8-6-14-11/h6,8,10H,4-5,7,9,13H2,1-3H3. The third-order valence-electron chi connectivity index (χ3n) is 2.52. The molecule has 0 spiro atoms. The lowest BCUT2D eigenvalue weighted by atomic mass is 10.2. The van der Waals surface area contributed by atoms with Gasteiger partial charge in [0.25, 0.3) is 5.56 Å². The van der Waals surface area contributed by atoms with Crippen LogP contribution in [0.25, 0.3) is 0 Å². The summed E-state index contributed by atoms with van der Waals surface area (Å²) in [6, 6.07) is 0. The Morgan fingerprint density at radius 2 is 2.24 bits per heavy atom. The van der Waals surface area contributed by atoms with E-state index >= 15 is 0 Å². The van der Waals surface area contributed by atoms with E-state index in [4.69, 9.17) is 5.73 Å². The minimum absolute atomic E-state index is 0.0508. The van der Waals surface area contributed by atoms with Gasteiger partial charge in [-0.05, 0) is 18.9 Å². The van der Waals surface area contributed by atoms with Crippen LogP contribution in [0.1, 0.15) is 20.3 Å². The monoisotopic (exact) mass is 238 g/mol. The van der Waals surface area contributed by atoms with Crippen LogP contribution >= 0.6 is 0 Å². The minimum atomic E-state index is -0.0508. The molecular formula is C12H22N4O. The zero-order chi connectivity index (χ0) is 12.8. The van der Waals surface area contributed by atoms with E-state index in [1.807, 2.05) is 4.90 Å². The van der Waals surface area contributed by atoms with Gasteiger partial charge in [0.15, 0.2) is 5.82 Å². The Hall–Kier alpha value is -1.36. The van der Waals surface area contributed by atoms with Gasteiger partial charge >= 0.3 is 0 Å². The highest BCUT2D eigenvalue weighted by Gasteiger charge is 2.13. The van der Waals surface area contributed by atoms with Crippen molar-refractivity contribution in [3.8, 4) is 0 Å². The molecule has 0 radical (unpaired) electrons. The number of rotatable bonds is 6. The van der Waals surface area contributed by atoms with Gasteiger partial charge in [0.1, 0.15) is 0 Å². The Morgan fingerprint density at radius 3 is 2.82 bits per heavy atom. The van der Waals surface area contributed by atoms with Gasteiger partial charge in [-0.15, -0.1) is 0 Å². The first kappa shape index (κ1) is 13.7. The zero-order valence-corrected chi connectivity index (χ0v) is 10.9. The van der Waals surface area contributed by atoms with Crippen LogP contribution < -0.4 is 16.2 Å². The molecule has 5 heteroatoms. The van der Waals surface area contributed by atoms with E-state index in [1.165, 1.54) is 0 Å². The van der Waals surface area contributed by atoms with E-state index in [1.54, 1.807) is 24.0 Å². The van der Waals surface area contributed by atoms with Crippen LogP contribution in [0.3, 0.4) is 0 Å². The molecule has 0 aromatic carbocycles. The predicted molar refractivity (Wildman–Crippen MR) is 70.2 cm³/mol. The molecule has 5 nitrogen and oxygen atoms in total. The number of nitrogens with zero attached hydrogens (tertiary/aromatic N) is 3. The number of hydrogen-bond acceptors (Lipinski definition) is 4. The number of aromatic nitrogens is 2. The highest BCUT2D eigenvalue weighted by atomic mass is 16.1. The van der Waals surface area contributed by atoms with E-state index in [0.29, 0.717) is 18.3 Å². The fraction of sp³-hybridized carbons (Fsp3) is 0.667. The lowest BCUT2D eigenvalue weighted by Crippen LogP contribution is -2.36. The van der Waals surface area contributed by atoms with Crippen LogP contribution in [0.15, 0.2) is 17.2 Å². The lowest BCUT2D eigenvalue weighted by molar-refractivity contribution is 0.591. The molecule has 0 amide bonds. The highest BCUT2D eigenvalue weighted by molar-refractivity contribution is 5.35. The number of anilines is 1. The van der Waals surface area contributed by atoms with Crippen molar-refractivity contribution in [3.63, 3.8) is 0 Å². The quantitative estimate of drug-likeness (QED) is 0.788. The maximum absolute atomic E-state index is 12.0. The average Bonchev–Trinajstić information content (AvgIpc) is 2.28. The molecule has 17 heavy (non-hydrogen) atoms. The molecule has 0 unspecified atom stereocenters. The van der Waals surface area contributed by atoms with Crippen LogP contribution in [0.4, 0.5) is 5.82 Å². The minimum Gasteiger partial charge on any atom is -0.352 e. The SMILES string of the molecule is CC(C)CN(CCCN)c1nccn(C)c1=O. The van der Waals surface area contributed by atoms with E-state index in [2.05, 4.69) is 18.8 Å². The Kier molecular flexibility index (Phi) is 5.15. The molecule has 0 fully saturated rings. The lowest BCUT2D eigenvalue weighted by Gasteiger charge is -2.24. The largest absolute Gasteiger partial charge is 0.352 e. The van der Waals surface area contributed by atoms with Gasteiger partial charge < -0.3 is 15.2 Å². The molecular weight excluding hydrogens is 216 g/mol. The van der Waals surface area contributed by atoms with Gasteiger partial charge in [-0.2, -0.15) is 0 Å². The maximum atomic E-state index is 12.0. The van der Waals surface area contributed by atoms with Gasteiger partial charge in [0, 0.05) is 32.5 Å². The normalized spacial score (nSPS) is 10.9.